The lowest BCUT2D eigenvalue weighted by Gasteiger charge is -2.08. The topological polar surface area (TPSA) is 84.3 Å². The van der Waals surface area contributed by atoms with Gasteiger partial charge in [0.25, 0.3) is 0 Å². The van der Waals surface area contributed by atoms with Gasteiger partial charge in [-0.2, -0.15) is 0 Å². The molecule has 2 aromatic rings. The molecule has 0 bridgehead atoms. The fraction of sp³-hybridized carbons (Fsp3) is 0.0833. The summed E-state index contributed by atoms with van der Waals surface area (Å²) in [5.41, 5.74) is 0.458. The molecule has 19 heavy (non-hydrogen) atoms. The lowest BCUT2D eigenvalue weighted by molar-refractivity contribution is 0.0691. The van der Waals surface area contributed by atoms with Gasteiger partial charge in [-0.1, -0.05) is 11.6 Å². The number of hydrogen-bond acceptors (Lipinski definition) is 5. The van der Waals surface area contributed by atoms with E-state index in [1.807, 2.05) is 0 Å². The summed E-state index contributed by atoms with van der Waals surface area (Å²) in [6.07, 6.45) is 1.18. The fourth-order valence-electron chi connectivity index (χ4n) is 1.42. The van der Waals surface area contributed by atoms with E-state index in [2.05, 4.69) is 15.3 Å². The summed E-state index contributed by atoms with van der Waals surface area (Å²) in [6, 6.07) is 6.93. The number of hydrogen-bond donors (Lipinski definition) is 2. The largest absolute Gasteiger partial charge is 0.497 e. The lowest BCUT2D eigenvalue weighted by atomic mass is 10.3. The number of carbonyl (C=O) groups is 1. The summed E-state index contributed by atoms with van der Waals surface area (Å²) in [5.74, 6) is -0.397. The number of carboxylic acids is 1. The van der Waals surface area contributed by atoms with Crippen LogP contribution in [0.25, 0.3) is 0 Å². The van der Waals surface area contributed by atoms with Gasteiger partial charge in [-0.15, -0.1) is 0 Å². The molecular weight excluding hydrogens is 270 g/mol. The number of aromatic carboxylic acids is 1. The number of halogens is 1. The average molecular weight is 280 g/mol. The Morgan fingerprint density at radius 1 is 1.37 bits per heavy atom. The molecule has 0 amide bonds. The zero-order valence-electron chi connectivity index (χ0n) is 9.92. The van der Waals surface area contributed by atoms with Gasteiger partial charge in [0.2, 0.25) is 0 Å². The van der Waals surface area contributed by atoms with Crippen LogP contribution in [0.3, 0.4) is 0 Å². The highest BCUT2D eigenvalue weighted by atomic mass is 35.5. The van der Waals surface area contributed by atoms with Crippen LogP contribution in [-0.4, -0.2) is 28.2 Å². The molecule has 1 aromatic carbocycles. The molecule has 2 N–H and O–H groups in total. The van der Waals surface area contributed by atoms with Crippen molar-refractivity contribution < 1.29 is 14.6 Å². The minimum absolute atomic E-state index is 0.0881. The maximum absolute atomic E-state index is 11.0. The van der Waals surface area contributed by atoms with Crippen molar-refractivity contribution in [3.05, 3.63) is 41.3 Å². The molecule has 0 saturated heterocycles. The Balaban J connectivity index is 2.31. The van der Waals surface area contributed by atoms with E-state index in [1.165, 1.54) is 6.20 Å². The third-order valence-electron chi connectivity index (χ3n) is 2.30. The highest BCUT2D eigenvalue weighted by molar-refractivity contribution is 6.29. The molecule has 6 nitrogen and oxygen atoms in total. The molecule has 0 aliphatic carbocycles. The van der Waals surface area contributed by atoms with E-state index < -0.39 is 5.97 Å². The van der Waals surface area contributed by atoms with Crippen molar-refractivity contribution in [3.63, 3.8) is 0 Å². The second-order valence-corrected chi connectivity index (χ2v) is 3.94. The van der Waals surface area contributed by atoms with Crippen LogP contribution in [0.15, 0.2) is 30.5 Å². The van der Waals surface area contributed by atoms with Crippen LogP contribution < -0.4 is 10.1 Å². The van der Waals surface area contributed by atoms with E-state index in [0.717, 1.165) is 0 Å². The van der Waals surface area contributed by atoms with Gasteiger partial charge >= 0.3 is 5.97 Å². The SMILES string of the molecule is COc1ccc(Nc2nc(Cl)cnc2C(=O)O)cc1. The van der Waals surface area contributed by atoms with E-state index in [-0.39, 0.29) is 16.7 Å². The Hall–Kier alpha value is -2.34. The first kappa shape index (κ1) is 13.1. The molecule has 0 spiro atoms. The number of rotatable bonds is 4. The first-order valence-electron chi connectivity index (χ1n) is 5.27. The summed E-state index contributed by atoms with van der Waals surface area (Å²) < 4.78 is 5.03. The van der Waals surface area contributed by atoms with Gasteiger partial charge in [-0.25, -0.2) is 14.8 Å². The number of anilines is 2. The summed E-state index contributed by atoms with van der Waals surface area (Å²) in [4.78, 5) is 18.7. The number of aromatic nitrogens is 2. The number of carboxylic acid groups (broad SMARTS) is 1. The Kier molecular flexibility index (Phi) is 3.82. The Morgan fingerprint density at radius 2 is 2.05 bits per heavy atom. The number of nitrogens with one attached hydrogen (secondary N) is 1. The first-order valence-corrected chi connectivity index (χ1v) is 5.65. The van der Waals surface area contributed by atoms with Gasteiger partial charge in [0.05, 0.1) is 13.3 Å². The molecule has 1 aromatic heterocycles. The van der Waals surface area contributed by atoms with Crippen LogP contribution >= 0.6 is 11.6 Å². The second-order valence-electron chi connectivity index (χ2n) is 3.55. The predicted molar refractivity (Wildman–Crippen MR) is 70.3 cm³/mol. The third-order valence-corrected chi connectivity index (χ3v) is 2.48. The molecule has 0 radical (unpaired) electrons. The van der Waals surface area contributed by atoms with E-state index in [0.29, 0.717) is 11.4 Å². The molecule has 2 rings (SSSR count). The number of nitrogens with zero attached hydrogens (tertiary/aromatic N) is 2. The molecule has 0 atom stereocenters. The standard InChI is InChI=1S/C12H10ClN3O3/c1-19-8-4-2-7(3-5-8)15-11-10(12(17)18)14-6-9(13)16-11/h2-6H,1H3,(H,15,16)(H,17,18). The van der Waals surface area contributed by atoms with Crippen molar-refractivity contribution in [1.29, 1.82) is 0 Å². The fourth-order valence-corrected chi connectivity index (χ4v) is 1.56. The monoisotopic (exact) mass is 279 g/mol. The van der Waals surface area contributed by atoms with Gasteiger partial charge in [0, 0.05) is 5.69 Å². The zero-order chi connectivity index (χ0) is 13.8. The maximum Gasteiger partial charge on any atom is 0.358 e. The molecule has 0 fully saturated rings. The molecule has 0 aliphatic rings. The summed E-state index contributed by atoms with van der Waals surface area (Å²) in [5, 5.41) is 12.0. The number of ether oxygens (including phenoxy) is 1. The Bertz CT molecular complexity index is 602. The van der Waals surface area contributed by atoms with Crippen molar-refractivity contribution >= 4 is 29.1 Å². The summed E-state index contributed by atoms with van der Waals surface area (Å²) in [7, 11) is 1.56. The molecule has 98 valence electrons. The molecular formula is C12H10ClN3O3. The van der Waals surface area contributed by atoms with E-state index in [1.54, 1.807) is 31.4 Å². The Morgan fingerprint density at radius 3 is 2.63 bits per heavy atom. The van der Waals surface area contributed by atoms with E-state index in [9.17, 15) is 4.79 Å². The van der Waals surface area contributed by atoms with Gasteiger partial charge in [0.1, 0.15) is 10.9 Å². The quantitative estimate of drug-likeness (QED) is 0.895. The van der Waals surface area contributed by atoms with Crippen LogP contribution in [0.4, 0.5) is 11.5 Å². The van der Waals surface area contributed by atoms with Crippen LogP contribution in [0.2, 0.25) is 5.15 Å². The van der Waals surface area contributed by atoms with Crippen molar-refractivity contribution in [2.45, 2.75) is 0 Å². The highest BCUT2D eigenvalue weighted by Crippen LogP contribution is 2.21. The minimum Gasteiger partial charge on any atom is -0.497 e. The van der Waals surface area contributed by atoms with Gasteiger partial charge < -0.3 is 15.2 Å². The molecule has 7 heteroatoms. The minimum atomic E-state index is -1.18. The summed E-state index contributed by atoms with van der Waals surface area (Å²) >= 11 is 5.71. The maximum atomic E-state index is 11.0. The van der Waals surface area contributed by atoms with Gasteiger partial charge in [0.15, 0.2) is 11.5 Å². The van der Waals surface area contributed by atoms with Crippen LogP contribution in [-0.2, 0) is 0 Å². The van der Waals surface area contributed by atoms with Gasteiger partial charge in [-0.3, -0.25) is 0 Å². The molecule has 0 saturated carbocycles. The normalized spacial score (nSPS) is 10.0. The van der Waals surface area contributed by atoms with Crippen LogP contribution in [0.1, 0.15) is 10.5 Å². The second kappa shape index (κ2) is 5.53. The zero-order valence-corrected chi connectivity index (χ0v) is 10.7. The van der Waals surface area contributed by atoms with Gasteiger partial charge in [-0.05, 0) is 24.3 Å². The molecule has 1 heterocycles. The number of benzene rings is 1. The smallest absolute Gasteiger partial charge is 0.358 e. The average Bonchev–Trinajstić information content (AvgIpc) is 2.39. The molecule has 0 unspecified atom stereocenters. The first-order chi connectivity index (χ1) is 9.10. The van der Waals surface area contributed by atoms with Crippen LogP contribution in [0, 0.1) is 0 Å². The predicted octanol–water partition coefficient (Wildman–Crippen LogP) is 2.58. The van der Waals surface area contributed by atoms with Crippen LogP contribution in [0.5, 0.6) is 5.75 Å². The third kappa shape index (κ3) is 3.11. The summed E-state index contributed by atoms with van der Waals surface area (Å²) in [6.45, 7) is 0. The van der Waals surface area contributed by atoms with Crippen molar-refractivity contribution in [2.75, 3.05) is 12.4 Å². The number of methoxy groups -OCH3 is 1. The molecule has 0 aliphatic heterocycles. The van der Waals surface area contributed by atoms with E-state index in [4.69, 9.17) is 21.4 Å². The van der Waals surface area contributed by atoms with Crippen molar-refractivity contribution in [2.24, 2.45) is 0 Å². The highest BCUT2D eigenvalue weighted by Gasteiger charge is 2.14. The lowest BCUT2D eigenvalue weighted by Crippen LogP contribution is -2.07. The Labute approximate surface area is 114 Å². The van der Waals surface area contributed by atoms with Crippen molar-refractivity contribution in [3.8, 4) is 5.75 Å². The van der Waals surface area contributed by atoms with E-state index >= 15 is 0 Å². The van der Waals surface area contributed by atoms with Crippen molar-refractivity contribution in [1.82, 2.24) is 9.97 Å².